The summed E-state index contributed by atoms with van der Waals surface area (Å²) in [7, 11) is 2.23. The summed E-state index contributed by atoms with van der Waals surface area (Å²) in [6.45, 7) is 8.48. The highest BCUT2D eigenvalue weighted by atomic mass is 15.3. The minimum absolute atomic E-state index is 0.767. The summed E-state index contributed by atoms with van der Waals surface area (Å²) in [5.41, 5.74) is 0. The molecular formula is C13H27N3. The summed E-state index contributed by atoms with van der Waals surface area (Å²) in [6.07, 6.45) is 5.46. The van der Waals surface area contributed by atoms with Gasteiger partial charge in [0.25, 0.3) is 0 Å². The highest BCUT2D eigenvalue weighted by Gasteiger charge is 2.32. The average molecular weight is 225 g/mol. The zero-order valence-corrected chi connectivity index (χ0v) is 10.9. The van der Waals surface area contributed by atoms with Gasteiger partial charge < -0.3 is 10.2 Å². The van der Waals surface area contributed by atoms with Gasteiger partial charge in [-0.3, -0.25) is 4.90 Å². The highest BCUT2D eigenvalue weighted by molar-refractivity contribution is 4.91. The third-order valence-corrected chi connectivity index (χ3v) is 4.14. The Hall–Kier alpha value is -0.120. The molecule has 2 unspecified atom stereocenters. The molecule has 3 heteroatoms. The molecule has 2 fully saturated rings. The number of hydrogen-bond acceptors (Lipinski definition) is 3. The van der Waals surface area contributed by atoms with Gasteiger partial charge in [-0.15, -0.1) is 0 Å². The van der Waals surface area contributed by atoms with Gasteiger partial charge in [0.05, 0.1) is 0 Å². The van der Waals surface area contributed by atoms with Gasteiger partial charge in [0.2, 0.25) is 0 Å². The quantitative estimate of drug-likeness (QED) is 0.774. The van der Waals surface area contributed by atoms with E-state index in [-0.39, 0.29) is 0 Å². The molecule has 1 aliphatic heterocycles. The molecule has 3 nitrogen and oxygen atoms in total. The topological polar surface area (TPSA) is 18.5 Å². The fourth-order valence-electron chi connectivity index (χ4n) is 3.10. The van der Waals surface area contributed by atoms with Crippen LogP contribution in [-0.2, 0) is 0 Å². The van der Waals surface area contributed by atoms with E-state index in [1.807, 2.05) is 0 Å². The Labute approximate surface area is 100 Å². The molecule has 1 heterocycles. The Balaban J connectivity index is 1.82. The molecule has 1 aliphatic carbocycles. The standard InChI is InChI=1S/C13H27N3/c1-3-7-14-12-5-4-6-13(12)16-10-8-15(2)9-11-16/h12-14H,3-11H2,1-2H3. The van der Waals surface area contributed by atoms with Gasteiger partial charge in [0.15, 0.2) is 0 Å². The number of hydrogen-bond donors (Lipinski definition) is 1. The van der Waals surface area contributed by atoms with E-state index in [2.05, 4.69) is 29.1 Å². The van der Waals surface area contributed by atoms with Crippen molar-refractivity contribution in [1.82, 2.24) is 15.1 Å². The van der Waals surface area contributed by atoms with Gasteiger partial charge in [0.1, 0.15) is 0 Å². The van der Waals surface area contributed by atoms with Crippen molar-refractivity contribution in [2.24, 2.45) is 0 Å². The van der Waals surface area contributed by atoms with Gasteiger partial charge in [-0.05, 0) is 32.9 Å². The maximum Gasteiger partial charge on any atom is 0.0250 e. The van der Waals surface area contributed by atoms with Crippen molar-refractivity contribution in [3.05, 3.63) is 0 Å². The smallest absolute Gasteiger partial charge is 0.0250 e. The fourth-order valence-corrected chi connectivity index (χ4v) is 3.10. The summed E-state index contributed by atoms with van der Waals surface area (Å²) >= 11 is 0. The van der Waals surface area contributed by atoms with Crippen LogP contribution < -0.4 is 5.32 Å². The first-order valence-corrected chi connectivity index (χ1v) is 6.97. The normalized spacial score (nSPS) is 33.4. The van der Waals surface area contributed by atoms with Gasteiger partial charge >= 0.3 is 0 Å². The first kappa shape index (κ1) is 12.3. The van der Waals surface area contributed by atoms with Crippen LogP contribution in [0.2, 0.25) is 0 Å². The molecule has 2 aliphatic rings. The molecule has 1 saturated heterocycles. The van der Waals surface area contributed by atoms with Gasteiger partial charge in [-0.2, -0.15) is 0 Å². The SMILES string of the molecule is CCCNC1CCCC1N1CCN(C)CC1. The average Bonchev–Trinajstić information content (AvgIpc) is 2.75. The van der Waals surface area contributed by atoms with Crippen LogP contribution in [-0.4, -0.2) is 61.7 Å². The predicted octanol–water partition coefficient (Wildman–Crippen LogP) is 1.15. The zero-order valence-electron chi connectivity index (χ0n) is 10.9. The molecule has 1 saturated carbocycles. The number of nitrogens with one attached hydrogen (secondary N) is 1. The van der Waals surface area contributed by atoms with E-state index in [4.69, 9.17) is 0 Å². The van der Waals surface area contributed by atoms with E-state index in [0.29, 0.717) is 0 Å². The van der Waals surface area contributed by atoms with Crippen molar-refractivity contribution in [2.45, 2.75) is 44.7 Å². The number of piperazine rings is 1. The predicted molar refractivity (Wildman–Crippen MR) is 68.8 cm³/mol. The van der Waals surface area contributed by atoms with Crippen LogP contribution >= 0.6 is 0 Å². The van der Waals surface area contributed by atoms with Crippen LogP contribution in [0.5, 0.6) is 0 Å². The molecule has 0 aromatic heterocycles. The maximum absolute atomic E-state index is 3.73. The van der Waals surface area contributed by atoms with E-state index in [1.165, 1.54) is 58.4 Å². The van der Waals surface area contributed by atoms with Gasteiger partial charge in [-0.25, -0.2) is 0 Å². The summed E-state index contributed by atoms with van der Waals surface area (Å²) in [6, 6.07) is 1.59. The Morgan fingerprint density at radius 2 is 1.88 bits per heavy atom. The maximum atomic E-state index is 3.73. The van der Waals surface area contributed by atoms with Crippen molar-refractivity contribution in [3.63, 3.8) is 0 Å². The van der Waals surface area contributed by atoms with Crippen LogP contribution in [0, 0.1) is 0 Å². The molecule has 0 amide bonds. The van der Waals surface area contributed by atoms with Crippen LogP contribution in [0.25, 0.3) is 0 Å². The third-order valence-electron chi connectivity index (χ3n) is 4.14. The van der Waals surface area contributed by atoms with Gasteiger partial charge in [-0.1, -0.05) is 13.3 Å². The molecule has 0 bridgehead atoms. The summed E-state index contributed by atoms with van der Waals surface area (Å²) in [5, 5.41) is 3.73. The Morgan fingerprint density at radius 3 is 2.56 bits per heavy atom. The Morgan fingerprint density at radius 1 is 1.12 bits per heavy atom. The van der Waals surface area contributed by atoms with Crippen LogP contribution in [0.15, 0.2) is 0 Å². The monoisotopic (exact) mass is 225 g/mol. The lowest BCUT2D eigenvalue weighted by molar-refractivity contribution is 0.100. The van der Waals surface area contributed by atoms with E-state index < -0.39 is 0 Å². The molecule has 1 N–H and O–H groups in total. The van der Waals surface area contributed by atoms with Crippen molar-refractivity contribution in [1.29, 1.82) is 0 Å². The van der Waals surface area contributed by atoms with Crippen molar-refractivity contribution in [2.75, 3.05) is 39.8 Å². The Kier molecular flexibility index (Phi) is 4.62. The van der Waals surface area contributed by atoms with E-state index in [9.17, 15) is 0 Å². The lowest BCUT2D eigenvalue weighted by atomic mass is 10.1. The molecular weight excluding hydrogens is 198 g/mol. The second-order valence-electron chi connectivity index (χ2n) is 5.40. The molecule has 2 rings (SSSR count). The summed E-state index contributed by atoms with van der Waals surface area (Å²) < 4.78 is 0. The van der Waals surface area contributed by atoms with Crippen LogP contribution in [0.4, 0.5) is 0 Å². The number of rotatable bonds is 4. The highest BCUT2D eigenvalue weighted by Crippen LogP contribution is 2.25. The lowest BCUT2D eigenvalue weighted by Crippen LogP contribution is -2.54. The van der Waals surface area contributed by atoms with E-state index in [0.717, 1.165) is 12.1 Å². The molecule has 94 valence electrons. The molecule has 0 radical (unpaired) electrons. The second-order valence-corrected chi connectivity index (χ2v) is 5.40. The van der Waals surface area contributed by atoms with Crippen LogP contribution in [0.3, 0.4) is 0 Å². The summed E-state index contributed by atoms with van der Waals surface area (Å²) in [4.78, 5) is 5.17. The number of nitrogens with zero attached hydrogens (tertiary/aromatic N) is 2. The Bertz CT molecular complexity index is 199. The van der Waals surface area contributed by atoms with E-state index in [1.54, 1.807) is 0 Å². The zero-order chi connectivity index (χ0) is 11.4. The lowest BCUT2D eigenvalue weighted by Gasteiger charge is -2.39. The minimum Gasteiger partial charge on any atom is -0.312 e. The largest absolute Gasteiger partial charge is 0.312 e. The minimum atomic E-state index is 0.767. The molecule has 16 heavy (non-hydrogen) atoms. The van der Waals surface area contributed by atoms with Crippen molar-refractivity contribution < 1.29 is 0 Å². The molecule has 0 spiro atoms. The first-order valence-electron chi connectivity index (χ1n) is 6.97. The van der Waals surface area contributed by atoms with Crippen molar-refractivity contribution >= 4 is 0 Å². The molecule has 0 aromatic carbocycles. The number of likely N-dealkylation sites (N-methyl/N-ethyl adjacent to an activating group) is 1. The van der Waals surface area contributed by atoms with Gasteiger partial charge in [0, 0.05) is 38.3 Å². The molecule has 2 atom stereocenters. The van der Waals surface area contributed by atoms with Crippen molar-refractivity contribution in [3.8, 4) is 0 Å². The third kappa shape index (κ3) is 2.96. The van der Waals surface area contributed by atoms with E-state index >= 15 is 0 Å². The summed E-state index contributed by atoms with van der Waals surface area (Å²) in [5.74, 6) is 0. The van der Waals surface area contributed by atoms with Crippen LogP contribution in [0.1, 0.15) is 32.6 Å². The first-order chi connectivity index (χ1) is 7.81. The molecule has 0 aromatic rings. The fraction of sp³-hybridized carbons (Fsp3) is 1.00. The second kappa shape index (κ2) is 5.99.